The first-order valence-corrected chi connectivity index (χ1v) is 13.6. The van der Waals surface area contributed by atoms with Crippen LogP contribution in [0.5, 0.6) is 10.9 Å². The second-order valence-electron chi connectivity index (χ2n) is 9.87. The zero-order valence-corrected chi connectivity index (χ0v) is 22.1. The maximum Gasteiger partial charge on any atom is 0.425 e. The number of halogens is 3. The SMILES string of the molecule is C[C@@H](Oc1nc2c(s1)CCN(CCC1CCC(/C=N/C(=O)COc3cnn(C)c3)CC1)CC2)C(F)(F)F. The van der Waals surface area contributed by atoms with Gasteiger partial charge in [-0.1, -0.05) is 11.3 Å². The molecule has 204 valence electrons. The Morgan fingerprint density at radius 2 is 2.03 bits per heavy atom. The van der Waals surface area contributed by atoms with Gasteiger partial charge in [0.25, 0.3) is 11.1 Å². The van der Waals surface area contributed by atoms with Gasteiger partial charge in [-0.2, -0.15) is 18.3 Å². The van der Waals surface area contributed by atoms with Crippen molar-refractivity contribution in [1.29, 1.82) is 0 Å². The number of carbonyl (C=O) groups is 1. The summed E-state index contributed by atoms with van der Waals surface area (Å²) in [6.45, 7) is 3.67. The first-order valence-electron chi connectivity index (χ1n) is 12.8. The molecule has 1 fully saturated rings. The van der Waals surface area contributed by atoms with Crippen LogP contribution in [0.25, 0.3) is 0 Å². The molecule has 0 spiro atoms. The molecule has 1 amide bonds. The summed E-state index contributed by atoms with van der Waals surface area (Å²) < 4.78 is 50.3. The molecule has 1 atom stereocenters. The van der Waals surface area contributed by atoms with Crippen molar-refractivity contribution in [1.82, 2.24) is 19.7 Å². The van der Waals surface area contributed by atoms with Crippen molar-refractivity contribution < 1.29 is 27.4 Å². The van der Waals surface area contributed by atoms with E-state index in [0.29, 0.717) is 17.6 Å². The van der Waals surface area contributed by atoms with Crippen molar-refractivity contribution in [3.63, 3.8) is 0 Å². The maximum absolute atomic E-state index is 12.8. The smallest absolute Gasteiger partial charge is 0.425 e. The van der Waals surface area contributed by atoms with E-state index in [4.69, 9.17) is 9.47 Å². The average Bonchev–Trinajstić information content (AvgIpc) is 3.40. The quantitative estimate of drug-likeness (QED) is 0.436. The van der Waals surface area contributed by atoms with Crippen LogP contribution in [0.15, 0.2) is 17.4 Å². The van der Waals surface area contributed by atoms with Gasteiger partial charge < -0.3 is 14.4 Å². The third kappa shape index (κ3) is 8.26. The molecule has 0 N–H and O–H groups in total. The molecule has 1 aliphatic carbocycles. The average molecular weight is 542 g/mol. The summed E-state index contributed by atoms with van der Waals surface area (Å²) in [6.07, 6.45) is 5.77. The number of hydrogen-bond acceptors (Lipinski definition) is 7. The van der Waals surface area contributed by atoms with E-state index in [-0.39, 0.29) is 17.7 Å². The van der Waals surface area contributed by atoms with Gasteiger partial charge in [-0.05, 0) is 63.8 Å². The minimum Gasteiger partial charge on any atom is -0.480 e. The van der Waals surface area contributed by atoms with Gasteiger partial charge in [0.2, 0.25) is 0 Å². The summed E-state index contributed by atoms with van der Waals surface area (Å²) in [5.74, 6) is 1.25. The fourth-order valence-electron chi connectivity index (χ4n) is 4.71. The Kier molecular flexibility index (Phi) is 9.22. The van der Waals surface area contributed by atoms with Gasteiger partial charge >= 0.3 is 6.18 Å². The Labute approximate surface area is 218 Å². The summed E-state index contributed by atoms with van der Waals surface area (Å²) in [5.41, 5.74) is 0.872. The molecule has 0 radical (unpaired) electrons. The molecule has 37 heavy (non-hydrogen) atoms. The highest BCUT2D eigenvalue weighted by Gasteiger charge is 2.39. The molecule has 4 rings (SSSR count). The van der Waals surface area contributed by atoms with Crippen LogP contribution in [0.2, 0.25) is 0 Å². The Balaban J connectivity index is 1.12. The standard InChI is InChI=1S/C25H34F3N5O3S/c1-17(25(26,27)28)36-24-31-21-8-11-33(12-9-22(21)37-24)10-7-18-3-5-19(6-4-18)13-29-23(34)16-35-20-14-30-32(2)15-20/h13-15,17-19H,3-12,16H2,1-2H3/b29-13+/t17-,18?,19?/m1/s1. The van der Waals surface area contributed by atoms with E-state index >= 15 is 0 Å². The summed E-state index contributed by atoms with van der Waals surface area (Å²) in [5, 5.41) is 4.11. The van der Waals surface area contributed by atoms with Crippen molar-refractivity contribution in [2.45, 2.75) is 64.1 Å². The molecule has 0 saturated heterocycles. The molecule has 2 aliphatic rings. The van der Waals surface area contributed by atoms with Crippen molar-refractivity contribution in [2.24, 2.45) is 23.9 Å². The normalized spacial score (nSPS) is 22.0. The Morgan fingerprint density at radius 3 is 2.73 bits per heavy atom. The number of aromatic nitrogens is 3. The van der Waals surface area contributed by atoms with Crippen LogP contribution in [-0.4, -0.2) is 70.3 Å². The number of fused-ring (bicyclic) bond motifs is 1. The molecule has 2 aromatic rings. The lowest BCUT2D eigenvalue weighted by atomic mass is 9.81. The van der Waals surface area contributed by atoms with Gasteiger partial charge in [0.15, 0.2) is 18.5 Å². The number of rotatable bonds is 9. The summed E-state index contributed by atoms with van der Waals surface area (Å²) in [6, 6.07) is 0. The van der Waals surface area contributed by atoms with Gasteiger partial charge in [0.05, 0.1) is 18.1 Å². The van der Waals surface area contributed by atoms with E-state index in [1.54, 1.807) is 30.3 Å². The first kappa shape index (κ1) is 27.6. The van der Waals surface area contributed by atoms with Gasteiger partial charge in [-0.15, -0.1) is 0 Å². The highest BCUT2D eigenvalue weighted by molar-refractivity contribution is 7.13. The molecule has 12 heteroatoms. The van der Waals surface area contributed by atoms with Crippen LogP contribution < -0.4 is 9.47 Å². The molecule has 2 aromatic heterocycles. The third-order valence-corrected chi connectivity index (χ3v) is 8.08. The molecule has 0 bridgehead atoms. The van der Waals surface area contributed by atoms with E-state index in [2.05, 4.69) is 20.0 Å². The van der Waals surface area contributed by atoms with Crippen molar-refractivity contribution >= 4 is 23.5 Å². The summed E-state index contributed by atoms with van der Waals surface area (Å²) >= 11 is 1.24. The van der Waals surface area contributed by atoms with E-state index in [1.807, 2.05) is 0 Å². The third-order valence-electron chi connectivity index (χ3n) is 7.03. The lowest BCUT2D eigenvalue weighted by Gasteiger charge is -2.28. The number of aliphatic imine (C=N–C) groups is 1. The number of aryl methyl sites for hydroxylation is 1. The number of hydrogen-bond donors (Lipinski definition) is 0. The summed E-state index contributed by atoms with van der Waals surface area (Å²) in [7, 11) is 1.78. The zero-order valence-electron chi connectivity index (χ0n) is 21.2. The molecule has 1 aliphatic heterocycles. The minimum absolute atomic E-state index is 0.0868. The minimum atomic E-state index is -4.39. The largest absolute Gasteiger partial charge is 0.480 e. The topological polar surface area (TPSA) is 81.8 Å². The Morgan fingerprint density at radius 1 is 1.27 bits per heavy atom. The van der Waals surface area contributed by atoms with Crippen molar-refractivity contribution in [2.75, 3.05) is 26.2 Å². The van der Waals surface area contributed by atoms with Crippen LogP contribution in [-0.2, 0) is 24.7 Å². The zero-order chi connectivity index (χ0) is 26.4. The number of ether oxygens (including phenoxy) is 2. The van der Waals surface area contributed by atoms with Crippen LogP contribution >= 0.6 is 11.3 Å². The number of alkyl halides is 3. The fraction of sp³-hybridized carbons (Fsp3) is 0.680. The van der Waals surface area contributed by atoms with Gasteiger partial charge in [0.1, 0.15) is 0 Å². The predicted molar refractivity (Wildman–Crippen MR) is 134 cm³/mol. The maximum atomic E-state index is 12.8. The second-order valence-corrected chi connectivity index (χ2v) is 10.9. The van der Waals surface area contributed by atoms with Crippen LogP contribution in [0, 0.1) is 11.8 Å². The molecular weight excluding hydrogens is 507 g/mol. The van der Waals surface area contributed by atoms with E-state index in [1.165, 1.54) is 11.3 Å². The Bertz CT molecular complexity index is 1040. The van der Waals surface area contributed by atoms with Crippen LogP contribution in [0.4, 0.5) is 13.2 Å². The lowest BCUT2D eigenvalue weighted by molar-refractivity contribution is -0.189. The van der Waals surface area contributed by atoms with Gasteiger partial charge in [-0.25, -0.2) is 9.98 Å². The van der Waals surface area contributed by atoms with Crippen molar-refractivity contribution in [3.8, 4) is 10.9 Å². The van der Waals surface area contributed by atoms with E-state index < -0.39 is 12.3 Å². The number of thiazole rings is 1. The van der Waals surface area contributed by atoms with E-state index in [0.717, 1.165) is 82.1 Å². The van der Waals surface area contributed by atoms with Crippen molar-refractivity contribution in [3.05, 3.63) is 23.0 Å². The monoisotopic (exact) mass is 541 g/mol. The van der Waals surface area contributed by atoms with Crippen LogP contribution in [0.1, 0.15) is 49.6 Å². The predicted octanol–water partition coefficient (Wildman–Crippen LogP) is 4.48. The second kappa shape index (κ2) is 12.4. The molecule has 0 aromatic carbocycles. The van der Waals surface area contributed by atoms with E-state index in [9.17, 15) is 18.0 Å². The first-order chi connectivity index (χ1) is 17.7. The number of nitrogens with zero attached hydrogens (tertiary/aromatic N) is 5. The molecule has 0 unspecified atom stereocenters. The van der Waals surface area contributed by atoms with Crippen LogP contribution in [0.3, 0.4) is 0 Å². The lowest BCUT2D eigenvalue weighted by Crippen LogP contribution is -2.31. The highest BCUT2D eigenvalue weighted by Crippen LogP contribution is 2.33. The molecule has 8 nitrogen and oxygen atoms in total. The molecular formula is C25H34F3N5O3S. The van der Waals surface area contributed by atoms with Gasteiger partial charge in [0, 0.05) is 37.6 Å². The molecule has 3 heterocycles. The fourth-order valence-corrected chi connectivity index (χ4v) is 5.73. The Hall–Kier alpha value is -2.47. The number of carbonyl (C=O) groups excluding carboxylic acids is 1. The summed E-state index contributed by atoms with van der Waals surface area (Å²) in [4.78, 5) is 23.9. The number of amides is 1. The highest BCUT2D eigenvalue weighted by atomic mass is 32.1. The molecule has 1 saturated carbocycles. The van der Waals surface area contributed by atoms with Gasteiger partial charge in [-0.3, -0.25) is 9.48 Å².